The highest BCUT2D eigenvalue weighted by atomic mass is 16.5. The SMILES string of the molecule is CCCCCCCCCCCC[NH+](C)[O-]. The summed E-state index contributed by atoms with van der Waals surface area (Å²) in [5.74, 6) is 0. The average Bonchev–Trinajstić information content (AvgIpc) is 2.20. The Bertz CT molecular complexity index is 115. The van der Waals surface area contributed by atoms with Gasteiger partial charge in [0.25, 0.3) is 0 Å². The number of hydroxylamine groups is 2. The number of quaternary nitrogens is 1. The van der Waals surface area contributed by atoms with Crippen LogP contribution < -0.4 is 5.06 Å². The maximum atomic E-state index is 10.7. The summed E-state index contributed by atoms with van der Waals surface area (Å²) in [6.07, 6.45) is 13.4. The summed E-state index contributed by atoms with van der Waals surface area (Å²) in [6, 6.07) is 0. The molecular weight excluding hydrogens is 186 g/mol. The third-order valence-corrected chi connectivity index (χ3v) is 2.88. The van der Waals surface area contributed by atoms with Crippen molar-refractivity contribution in [3.63, 3.8) is 0 Å². The molecule has 0 aliphatic carbocycles. The van der Waals surface area contributed by atoms with Crippen LogP contribution in [0.25, 0.3) is 0 Å². The minimum Gasteiger partial charge on any atom is -0.634 e. The molecule has 0 heterocycles. The van der Waals surface area contributed by atoms with Crippen LogP contribution in [-0.4, -0.2) is 13.6 Å². The lowest BCUT2D eigenvalue weighted by Gasteiger charge is -2.15. The zero-order valence-electron chi connectivity index (χ0n) is 10.7. The molecule has 1 atom stereocenters. The van der Waals surface area contributed by atoms with E-state index in [9.17, 15) is 5.21 Å². The molecule has 2 nitrogen and oxygen atoms in total. The number of rotatable bonds is 11. The molecular formula is C13H29NO. The Hall–Kier alpha value is -0.0800. The molecule has 0 saturated heterocycles. The molecule has 0 bridgehead atoms. The first kappa shape index (κ1) is 14.9. The minimum absolute atomic E-state index is 0.342. The van der Waals surface area contributed by atoms with Gasteiger partial charge in [-0.1, -0.05) is 58.3 Å². The molecule has 1 unspecified atom stereocenters. The van der Waals surface area contributed by atoms with Crippen molar-refractivity contribution in [1.29, 1.82) is 0 Å². The van der Waals surface area contributed by atoms with Crippen LogP contribution in [0.5, 0.6) is 0 Å². The zero-order chi connectivity index (χ0) is 11.4. The van der Waals surface area contributed by atoms with E-state index in [1.807, 2.05) is 0 Å². The third-order valence-electron chi connectivity index (χ3n) is 2.88. The summed E-state index contributed by atoms with van der Waals surface area (Å²) in [7, 11) is 1.69. The van der Waals surface area contributed by atoms with Gasteiger partial charge in [0.1, 0.15) is 0 Å². The van der Waals surface area contributed by atoms with Gasteiger partial charge in [-0.15, -0.1) is 0 Å². The lowest BCUT2D eigenvalue weighted by Crippen LogP contribution is -3.03. The van der Waals surface area contributed by atoms with Crippen molar-refractivity contribution >= 4 is 0 Å². The first-order valence-electron chi connectivity index (χ1n) is 6.76. The first-order chi connectivity index (χ1) is 7.27. The van der Waals surface area contributed by atoms with Gasteiger partial charge in [0, 0.05) is 0 Å². The molecule has 0 radical (unpaired) electrons. The number of hydrogen-bond donors (Lipinski definition) is 1. The van der Waals surface area contributed by atoms with Crippen LogP contribution in [0.15, 0.2) is 0 Å². The molecule has 0 spiro atoms. The van der Waals surface area contributed by atoms with E-state index < -0.39 is 0 Å². The highest BCUT2D eigenvalue weighted by molar-refractivity contribution is 4.46. The van der Waals surface area contributed by atoms with E-state index >= 15 is 0 Å². The van der Waals surface area contributed by atoms with Crippen molar-refractivity contribution < 1.29 is 5.06 Å². The van der Waals surface area contributed by atoms with Gasteiger partial charge in [-0.2, -0.15) is 0 Å². The van der Waals surface area contributed by atoms with Crippen molar-refractivity contribution in [2.45, 2.75) is 71.1 Å². The number of hydrogen-bond acceptors (Lipinski definition) is 1. The zero-order valence-corrected chi connectivity index (χ0v) is 10.7. The third kappa shape index (κ3) is 13.9. The molecule has 0 aromatic carbocycles. The highest BCUT2D eigenvalue weighted by Gasteiger charge is 1.93. The normalized spacial score (nSPS) is 13.0. The van der Waals surface area contributed by atoms with E-state index in [4.69, 9.17) is 0 Å². The fraction of sp³-hybridized carbons (Fsp3) is 1.00. The summed E-state index contributed by atoms with van der Waals surface area (Å²) in [5, 5.41) is 11.0. The van der Waals surface area contributed by atoms with Gasteiger partial charge in [0.05, 0.1) is 13.6 Å². The van der Waals surface area contributed by atoms with Crippen LogP contribution in [0.3, 0.4) is 0 Å². The standard InChI is InChI=1S/C13H29NO/c1-3-4-5-6-7-8-9-10-11-12-13-14(2)15/h14H,3-13H2,1-2H3. The molecule has 0 amide bonds. The Balaban J connectivity index is 2.87. The van der Waals surface area contributed by atoms with Gasteiger partial charge in [-0.05, 0) is 12.8 Å². The lowest BCUT2D eigenvalue weighted by molar-refractivity contribution is -0.826. The second-order valence-corrected chi connectivity index (χ2v) is 4.63. The van der Waals surface area contributed by atoms with Crippen molar-refractivity contribution in [1.82, 2.24) is 0 Å². The summed E-state index contributed by atoms with van der Waals surface area (Å²) in [6.45, 7) is 3.05. The van der Waals surface area contributed by atoms with Crippen LogP contribution in [0.4, 0.5) is 0 Å². The molecule has 0 aliphatic rings. The summed E-state index contributed by atoms with van der Waals surface area (Å²) < 4.78 is 0. The second-order valence-electron chi connectivity index (χ2n) is 4.63. The Morgan fingerprint density at radius 1 is 0.733 bits per heavy atom. The van der Waals surface area contributed by atoms with Gasteiger partial charge in [0.15, 0.2) is 0 Å². The quantitative estimate of drug-likeness (QED) is 0.416. The molecule has 92 valence electrons. The molecule has 2 heteroatoms. The van der Waals surface area contributed by atoms with E-state index in [-0.39, 0.29) is 0 Å². The molecule has 15 heavy (non-hydrogen) atoms. The molecule has 0 aromatic rings. The largest absolute Gasteiger partial charge is 0.634 e. The van der Waals surface area contributed by atoms with Gasteiger partial charge in [-0.3, -0.25) is 0 Å². The monoisotopic (exact) mass is 215 g/mol. The van der Waals surface area contributed by atoms with E-state index in [1.165, 1.54) is 57.8 Å². The Morgan fingerprint density at radius 3 is 1.53 bits per heavy atom. The van der Waals surface area contributed by atoms with Crippen LogP contribution >= 0.6 is 0 Å². The smallest absolute Gasteiger partial charge is 0.0766 e. The van der Waals surface area contributed by atoms with Crippen molar-refractivity contribution in [3.8, 4) is 0 Å². The molecule has 1 N–H and O–H groups in total. The number of unbranched alkanes of at least 4 members (excludes halogenated alkanes) is 9. The lowest BCUT2D eigenvalue weighted by atomic mass is 10.1. The van der Waals surface area contributed by atoms with E-state index in [0.29, 0.717) is 5.06 Å². The predicted octanol–water partition coefficient (Wildman–Crippen LogP) is 2.92. The highest BCUT2D eigenvalue weighted by Crippen LogP contribution is 2.09. The van der Waals surface area contributed by atoms with Crippen LogP contribution in [0, 0.1) is 5.21 Å². The Morgan fingerprint density at radius 2 is 1.13 bits per heavy atom. The minimum atomic E-state index is 0.342. The Labute approximate surface area is 95.6 Å². The van der Waals surface area contributed by atoms with E-state index in [2.05, 4.69) is 6.92 Å². The predicted molar refractivity (Wildman–Crippen MR) is 67.0 cm³/mol. The maximum Gasteiger partial charge on any atom is 0.0766 e. The van der Waals surface area contributed by atoms with Crippen molar-refractivity contribution in [2.24, 2.45) is 0 Å². The van der Waals surface area contributed by atoms with E-state index in [0.717, 1.165) is 13.0 Å². The van der Waals surface area contributed by atoms with Gasteiger partial charge in [0.2, 0.25) is 0 Å². The molecule has 0 aliphatic heterocycles. The molecule has 0 aromatic heterocycles. The number of nitrogens with one attached hydrogen (secondary N) is 1. The summed E-state index contributed by atoms with van der Waals surface area (Å²) >= 11 is 0. The summed E-state index contributed by atoms with van der Waals surface area (Å²) in [4.78, 5) is 0. The maximum absolute atomic E-state index is 10.7. The first-order valence-corrected chi connectivity index (χ1v) is 6.76. The van der Waals surface area contributed by atoms with Gasteiger partial charge >= 0.3 is 0 Å². The van der Waals surface area contributed by atoms with Crippen molar-refractivity contribution in [2.75, 3.05) is 13.6 Å². The van der Waals surface area contributed by atoms with Gasteiger partial charge < -0.3 is 10.3 Å². The van der Waals surface area contributed by atoms with Crippen LogP contribution in [-0.2, 0) is 0 Å². The van der Waals surface area contributed by atoms with Crippen molar-refractivity contribution in [3.05, 3.63) is 5.21 Å². The summed E-state index contributed by atoms with van der Waals surface area (Å²) in [5.41, 5.74) is 0. The van der Waals surface area contributed by atoms with Gasteiger partial charge in [-0.25, -0.2) is 0 Å². The molecule has 0 rings (SSSR count). The van der Waals surface area contributed by atoms with Crippen LogP contribution in [0.1, 0.15) is 71.1 Å². The molecule has 0 fully saturated rings. The topological polar surface area (TPSA) is 27.5 Å². The average molecular weight is 215 g/mol. The Kier molecular flexibility index (Phi) is 11.9. The second kappa shape index (κ2) is 12.0. The van der Waals surface area contributed by atoms with Crippen LogP contribution in [0.2, 0.25) is 0 Å². The fourth-order valence-corrected chi connectivity index (χ4v) is 1.86. The molecule has 0 saturated carbocycles. The van der Waals surface area contributed by atoms with E-state index in [1.54, 1.807) is 7.05 Å². The fourth-order valence-electron chi connectivity index (χ4n) is 1.86.